The first-order valence-electron chi connectivity index (χ1n) is 7.37. The number of thioether (sulfide) groups is 1. The lowest BCUT2D eigenvalue weighted by Gasteiger charge is -1.99. The maximum atomic E-state index is 12.2. The number of hydrogen-bond acceptors (Lipinski definition) is 6. The lowest BCUT2D eigenvalue weighted by molar-refractivity contribution is -0.118. The van der Waals surface area contributed by atoms with Crippen molar-refractivity contribution in [3.05, 3.63) is 27.7 Å². The van der Waals surface area contributed by atoms with Crippen LogP contribution in [-0.2, 0) is 11.2 Å². The number of H-pyrrole nitrogens is 1. The largest absolute Gasteiger partial charge is 0.356 e. The van der Waals surface area contributed by atoms with Crippen LogP contribution in [0.2, 0.25) is 0 Å². The monoisotopic (exact) mass is 352 g/mol. The molecule has 0 aromatic carbocycles. The predicted molar refractivity (Wildman–Crippen MR) is 92.2 cm³/mol. The van der Waals surface area contributed by atoms with Gasteiger partial charge in [-0.25, -0.2) is 4.98 Å². The SMILES string of the molecule is CC(=O)NCCc1ccc(C(=O)CSc2n[nH]c(C(C)C)n2)s1. The Balaban J connectivity index is 1.83. The van der Waals surface area contributed by atoms with Gasteiger partial charge < -0.3 is 5.32 Å². The second kappa shape index (κ2) is 8.26. The van der Waals surface area contributed by atoms with Crippen LogP contribution in [0.5, 0.6) is 0 Å². The van der Waals surface area contributed by atoms with Crippen LogP contribution in [0.3, 0.4) is 0 Å². The van der Waals surface area contributed by atoms with Crippen molar-refractivity contribution >= 4 is 34.8 Å². The van der Waals surface area contributed by atoms with E-state index in [1.165, 1.54) is 30.0 Å². The molecule has 1 amide bonds. The van der Waals surface area contributed by atoms with Crippen LogP contribution >= 0.6 is 23.1 Å². The molecule has 2 aromatic rings. The average molecular weight is 352 g/mol. The van der Waals surface area contributed by atoms with Gasteiger partial charge in [0.2, 0.25) is 11.1 Å². The van der Waals surface area contributed by atoms with E-state index in [4.69, 9.17) is 0 Å². The fraction of sp³-hybridized carbons (Fsp3) is 0.467. The molecule has 0 aliphatic rings. The summed E-state index contributed by atoms with van der Waals surface area (Å²) < 4.78 is 0. The summed E-state index contributed by atoms with van der Waals surface area (Å²) in [5.74, 6) is 1.47. The van der Waals surface area contributed by atoms with E-state index in [1.54, 1.807) is 0 Å². The molecule has 2 heterocycles. The molecule has 0 aliphatic heterocycles. The molecule has 0 saturated carbocycles. The minimum atomic E-state index is -0.0403. The van der Waals surface area contributed by atoms with Gasteiger partial charge in [0, 0.05) is 24.3 Å². The number of rotatable bonds is 8. The molecule has 0 bridgehead atoms. The first-order chi connectivity index (χ1) is 11.0. The normalized spacial score (nSPS) is 11.0. The summed E-state index contributed by atoms with van der Waals surface area (Å²) in [4.78, 5) is 29.2. The summed E-state index contributed by atoms with van der Waals surface area (Å²) in [5, 5.41) is 10.3. The Kier molecular flexibility index (Phi) is 6.35. The summed E-state index contributed by atoms with van der Waals surface area (Å²) in [7, 11) is 0. The number of Topliss-reactive ketones (excluding diaryl/α,β-unsaturated/α-hetero) is 1. The third-order valence-corrected chi connectivity index (χ3v) is 5.08. The molecule has 0 radical (unpaired) electrons. The molecule has 23 heavy (non-hydrogen) atoms. The van der Waals surface area contributed by atoms with Gasteiger partial charge in [-0.15, -0.1) is 16.4 Å². The maximum absolute atomic E-state index is 12.2. The zero-order chi connectivity index (χ0) is 16.8. The number of nitrogens with zero attached hydrogens (tertiary/aromatic N) is 2. The Morgan fingerprint density at radius 1 is 1.39 bits per heavy atom. The van der Waals surface area contributed by atoms with Crippen molar-refractivity contribution < 1.29 is 9.59 Å². The molecule has 6 nitrogen and oxygen atoms in total. The topological polar surface area (TPSA) is 87.7 Å². The molecule has 0 unspecified atom stereocenters. The standard InChI is InChI=1S/C15H20N4O2S2/c1-9(2)14-17-15(19-18-14)22-8-12(21)13-5-4-11(23-13)6-7-16-10(3)20/h4-5,9H,6-8H2,1-3H3,(H,16,20)(H,17,18,19). The molecule has 2 N–H and O–H groups in total. The number of carbonyl (C=O) groups excluding carboxylic acids is 2. The molecular formula is C15H20N4O2S2. The number of amides is 1. The first-order valence-corrected chi connectivity index (χ1v) is 9.17. The van der Waals surface area contributed by atoms with Crippen molar-refractivity contribution in [2.24, 2.45) is 0 Å². The van der Waals surface area contributed by atoms with Gasteiger partial charge in [0.25, 0.3) is 0 Å². The van der Waals surface area contributed by atoms with E-state index in [1.807, 2.05) is 26.0 Å². The molecule has 2 aromatic heterocycles. The van der Waals surface area contributed by atoms with Crippen LogP contribution in [0.25, 0.3) is 0 Å². The highest BCUT2D eigenvalue weighted by Gasteiger charge is 2.13. The molecule has 0 aliphatic carbocycles. The molecule has 0 atom stereocenters. The molecule has 0 fully saturated rings. The van der Waals surface area contributed by atoms with Crippen LogP contribution in [0, 0.1) is 0 Å². The molecular weight excluding hydrogens is 332 g/mol. The molecule has 8 heteroatoms. The molecule has 0 spiro atoms. The summed E-state index contributed by atoms with van der Waals surface area (Å²) in [5.41, 5.74) is 0. The Morgan fingerprint density at radius 3 is 2.83 bits per heavy atom. The fourth-order valence-corrected chi connectivity index (χ4v) is 3.53. The van der Waals surface area contributed by atoms with Crippen molar-refractivity contribution in [2.75, 3.05) is 12.3 Å². The van der Waals surface area contributed by atoms with Gasteiger partial charge in [-0.05, 0) is 18.6 Å². The van der Waals surface area contributed by atoms with Crippen molar-refractivity contribution in [3.8, 4) is 0 Å². The Morgan fingerprint density at radius 2 is 2.17 bits per heavy atom. The van der Waals surface area contributed by atoms with Crippen LogP contribution in [0.15, 0.2) is 17.3 Å². The first kappa shape index (κ1) is 17.7. The molecule has 124 valence electrons. The number of carbonyl (C=O) groups is 2. The van der Waals surface area contributed by atoms with Gasteiger partial charge in [-0.2, -0.15) is 0 Å². The van der Waals surface area contributed by atoms with E-state index in [0.717, 1.165) is 22.0 Å². The minimum Gasteiger partial charge on any atom is -0.356 e. The summed E-state index contributed by atoms with van der Waals surface area (Å²) in [6, 6.07) is 3.78. The van der Waals surface area contributed by atoms with Crippen LogP contribution in [-0.4, -0.2) is 39.2 Å². The van der Waals surface area contributed by atoms with Crippen LogP contribution < -0.4 is 5.32 Å². The third kappa shape index (κ3) is 5.47. The number of aromatic nitrogens is 3. The summed E-state index contributed by atoms with van der Waals surface area (Å²) in [6.45, 7) is 6.16. The maximum Gasteiger partial charge on any atom is 0.216 e. The number of thiophene rings is 1. The lowest BCUT2D eigenvalue weighted by atomic mass is 10.2. The minimum absolute atomic E-state index is 0.0403. The van der Waals surface area contributed by atoms with Crippen LogP contribution in [0.1, 0.15) is 47.1 Å². The fourth-order valence-electron chi connectivity index (χ4n) is 1.81. The van der Waals surface area contributed by atoms with Crippen LogP contribution in [0.4, 0.5) is 0 Å². The van der Waals surface area contributed by atoms with E-state index in [2.05, 4.69) is 20.5 Å². The second-order valence-electron chi connectivity index (χ2n) is 5.37. The highest BCUT2D eigenvalue weighted by Crippen LogP contribution is 2.21. The second-order valence-corrected chi connectivity index (χ2v) is 7.48. The summed E-state index contributed by atoms with van der Waals surface area (Å²) in [6.07, 6.45) is 0.739. The quantitative estimate of drug-likeness (QED) is 0.563. The van der Waals surface area contributed by atoms with Crippen molar-refractivity contribution in [3.63, 3.8) is 0 Å². The van der Waals surface area contributed by atoms with Gasteiger partial charge in [-0.3, -0.25) is 14.7 Å². The number of nitrogens with one attached hydrogen (secondary N) is 2. The smallest absolute Gasteiger partial charge is 0.216 e. The molecule has 2 rings (SSSR count). The van der Waals surface area contributed by atoms with Gasteiger partial charge >= 0.3 is 0 Å². The van der Waals surface area contributed by atoms with Crippen molar-refractivity contribution in [1.29, 1.82) is 0 Å². The van der Waals surface area contributed by atoms with Crippen molar-refractivity contribution in [1.82, 2.24) is 20.5 Å². The van der Waals surface area contributed by atoms with Gasteiger partial charge in [-0.1, -0.05) is 25.6 Å². The highest BCUT2D eigenvalue weighted by atomic mass is 32.2. The highest BCUT2D eigenvalue weighted by molar-refractivity contribution is 7.99. The van der Waals surface area contributed by atoms with Gasteiger partial charge in [0.15, 0.2) is 5.78 Å². The van der Waals surface area contributed by atoms with E-state index >= 15 is 0 Å². The van der Waals surface area contributed by atoms with E-state index in [-0.39, 0.29) is 17.6 Å². The number of aromatic amines is 1. The van der Waals surface area contributed by atoms with E-state index < -0.39 is 0 Å². The Hall–Kier alpha value is -1.67. The average Bonchev–Trinajstić information content (AvgIpc) is 3.13. The van der Waals surface area contributed by atoms with Crippen molar-refractivity contribution in [2.45, 2.75) is 38.3 Å². The number of hydrogen-bond donors (Lipinski definition) is 2. The zero-order valence-corrected chi connectivity index (χ0v) is 15.0. The van der Waals surface area contributed by atoms with Gasteiger partial charge in [0.05, 0.1) is 10.6 Å². The van der Waals surface area contributed by atoms with E-state index in [9.17, 15) is 9.59 Å². The number of ketones is 1. The third-order valence-electron chi connectivity index (χ3n) is 3.04. The lowest BCUT2D eigenvalue weighted by Crippen LogP contribution is -2.22. The Bertz CT molecular complexity index is 679. The Labute approximate surface area is 143 Å². The summed E-state index contributed by atoms with van der Waals surface area (Å²) >= 11 is 2.81. The predicted octanol–water partition coefficient (Wildman–Crippen LogP) is 2.64. The van der Waals surface area contributed by atoms with Gasteiger partial charge in [0.1, 0.15) is 5.82 Å². The molecule has 0 saturated heterocycles. The van der Waals surface area contributed by atoms with E-state index in [0.29, 0.717) is 17.5 Å². The zero-order valence-electron chi connectivity index (χ0n) is 13.4.